The molecular formula is C16H13ClN2O4. The molecule has 0 unspecified atom stereocenters. The summed E-state index contributed by atoms with van der Waals surface area (Å²) in [6.07, 6.45) is 2.89. The van der Waals surface area contributed by atoms with Crippen LogP contribution in [0.2, 0.25) is 5.02 Å². The highest BCUT2D eigenvalue weighted by Crippen LogP contribution is 2.27. The number of methoxy groups -OCH3 is 1. The predicted octanol–water partition coefficient (Wildman–Crippen LogP) is 3.91. The number of hydrogen-bond acceptors (Lipinski definition) is 4. The van der Waals surface area contributed by atoms with Crippen LogP contribution >= 0.6 is 11.6 Å². The molecule has 7 heteroatoms. The maximum absolute atomic E-state index is 11.8. The summed E-state index contributed by atoms with van der Waals surface area (Å²) in [7, 11) is 1.51. The Balaban J connectivity index is 2.01. The van der Waals surface area contributed by atoms with Gasteiger partial charge < -0.3 is 10.1 Å². The molecule has 23 heavy (non-hydrogen) atoms. The second kappa shape index (κ2) is 7.42. The summed E-state index contributed by atoms with van der Waals surface area (Å²) in [5.41, 5.74) is 1.21. The SMILES string of the molecule is COc1ccc(NC(=O)C=Cc2ccc([N+](=O)[O-])cc2)cc1Cl. The number of nitro groups is 1. The van der Waals surface area contributed by atoms with Gasteiger partial charge in [0.25, 0.3) is 5.69 Å². The largest absolute Gasteiger partial charge is 0.495 e. The van der Waals surface area contributed by atoms with Gasteiger partial charge in [-0.3, -0.25) is 14.9 Å². The summed E-state index contributed by atoms with van der Waals surface area (Å²) >= 11 is 5.98. The number of rotatable bonds is 5. The van der Waals surface area contributed by atoms with Gasteiger partial charge >= 0.3 is 0 Å². The number of nitro benzene ring substituents is 1. The van der Waals surface area contributed by atoms with Crippen molar-refractivity contribution in [1.82, 2.24) is 0 Å². The van der Waals surface area contributed by atoms with E-state index in [-0.39, 0.29) is 11.6 Å². The lowest BCUT2D eigenvalue weighted by Gasteiger charge is -2.06. The molecule has 0 spiro atoms. The first-order valence-electron chi connectivity index (χ1n) is 6.56. The Bertz CT molecular complexity index is 757. The maximum Gasteiger partial charge on any atom is 0.269 e. The molecule has 0 atom stereocenters. The van der Waals surface area contributed by atoms with Crippen molar-refractivity contribution in [2.24, 2.45) is 0 Å². The van der Waals surface area contributed by atoms with Gasteiger partial charge in [0.15, 0.2) is 0 Å². The fourth-order valence-electron chi connectivity index (χ4n) is 1.81. The fourth-order valence-corrected chi connectivity index (χ4v) is 2.06. The van der Waals surface area contributed by atoms with Crippen molar-refractivity contribution in [3.63, 3.8) is 0 Å². The van der Waals surface area contributed by atoms with Crippen LogP contribution in [0.5, 0.6) is 5.75 Å². The summed E-state index contributed by atoms with van der Waals surface area (Å²) in [5, 5.41) is 13.6. The van der Waals surface area contributed by atoms with E-state index in [1.807, 2.05) is 0 Å². The molecule has 2 aromatic rings. The average Bonchev–Trinajstić information content (AvgIpc) is 2.53. The van der Waals surface area contributed by atoms with Crippen LogP contribution in [0.3, 0.4) is 0 Å². The normalized spacial score (nSPS) is 10.5. The molecule has 1 amide bonds. The van der Waals surface area contributed by atoms with Gasteiger partial charge in [0.05, 0.1) is 17.1 Å². The summed E-state index contributed by atoms with van der Waals surface area (Å²) in [6.45, 7) is 0. The van der Waals surface area contributed by atoms with E-state index in [1.54, 1.807) is 36.4 Å². The van der Waals surface area contributed by atoms with Crippen LogP contribution in [0.25, 0.3) is 6.08 Å². The summed E-state index contributed by atoms with van der Waals surface area (Å²) in [4.78, 5) is 21.9. The van der Waals surface area contributed by atoms with E-state index in [0.29, 0.717) is 22.0 Å². The number of anilines is 1. The molecule has 0 fully saturated rings. The van der Waals surface area contributed by atoms with Crippen LogP contribution in [-0.2, 0) is 4.79 Å². The number of hydrogen-bond donors (Lipinski definition) is 1. The molecule has 0 aromatic heterocycles. The van der Waals surface area contributed by atoms with E-state index in [9.17, 15) is 14.9 Å². The van der Waals surface area contributed by atoms with Gasteiger partial charge in [-0.15, -0.1) is 0 Å². The van der Waals surface area contributed by atoms with Crippen molar-refractivity contribution in [2.45, 2.75) is 0 Å². The highest BCUT2D eigenvalue weighted by atomic mass is 35.5. The van der Waals surface area contributed by atoms with Gasteiger partial charge in [0.2, 0.25) is 5.91 Å². The standard InChI is InChI=1S/C16H13ClN2O4/c1-23-15-8-5-12(10-14(15)17)18-16(20)9-4-11-2-6-13(7-3-11)19(21)22/h2-10H,1H3,(H,18,20). The summed E-state index contributed by atoms with van der Waals surface area (Å²) < 4.78 is 5.03. The molecule has 1 N–H and O–H groups in total. The minimum Gasteiger partial charge on any atom is -0.495 e. The Hall–Kier alpha value is -2.86. The van der Waals surface area contributed by atoms with E-state index in [1.165, 1.54) is 25.3 Å². The lowest BCUT2D eigenvalue weighted by atomic mass is 10.2. The van der Waals surface area contributed by atoms with Crippen LogP contribution in [-0.4, -0.2) is 17.9 Å². The average molecular weight is 333 g/mol. The number of nitrogens with zero attached hydrogens (tertiary/aromatic N) is 1. The molecule has 118 valence electrons. The third-order valence-electron chi connectivity index (χ3n) is 2.95. The summed E-state index contributed by atoms with van der Waals surface area (Å²) in [6, 6.07) is 10.8. The first-order valence-corrected chi connectivity index (χ1v) is 6.94. The third kappa shape index (κ3) is 4.55. The van der Waals surface area contributed by atoms with Crippen LogP contribution in [0.1, 0.15) is 5.56 Å². The molecule has 0 aliphatic carbocycles. The van der Waals surface area contributed by atoms with Crippen molar-refractivity contribution < 1.29 is 14.5 Å². The lowest BCUT2D eigenvalue weighted by molar-refractivity contribution is -0.384. The zero-order chi connectivity index (χ0) is 16.8. The van der Waals surface area contributed by atoms with Crippen LogP contribution in [0.4, 0.5) is 11.4 Å². The fraction of sp³-hybridized carbons (Fsp3) is 0.0625. The van der Waals surface area contributed by atoms with E-state index >= 15 is 0 Å². The Labute approximate surface area is 137 Å². The molecule has 6 nitrogen and oxygen atoms in total. The highest BCUT2D eigenvalue weighted by molar-refractivity contribution is 6.32. The molecule has 0 aliphatic rings. The van der Waals surface area contributed by atoms with Crippen LogP contribution in [0, 0.1) is 10.1 Å². The molecule has 0 heterocycles. The Morgan fingerprint density at radius 2 is 1.96 bits per heavy atom. The first-order chi connectivity index (χ1) is 11.0. The Morgan fingerprint density at radius 1 is 1.26 bits per heavy atom. The number of benzene rings is 2. The Morgan fingerprint density at radius 3 is 2.52 bits per heavy atom. The molecule has 0 saturated heterocycles. The number of amides is 1. The predicted molar refractivity (Wildman–Crippen MR) is 88.8 cm³/mol. The zero-order valence-corrected chi connectivity index (χ0v) is 12.9. The van der Waals surface area contributed by atoms with Crippen LogP contribution in [0.15, 0.2) is 48.5 Å². The molecule has 0 aliphatic heterocycles. The van der Waals surface area contributed by atoms with Crippen LogP contribution < -0.4 is 10.1 Å². The third-order valence-corrected chi connectivity index (χ3v) is 3.25. The summed E-state index contributed by atoms with van der Waals surface area (Å²) in [5.74, 6) is 0.177. The van der Waals surface area contributed by atoms with Gasteiger partial charge in [-0.1, -0.05) is 11.6 Å². The zero-order valence-electron chi connectivity index (χ0n) is 12.2. The monoisotopic (exact) mass is 332 g/mol. The number of nitrogens with one attached hydrogen (secondary N) is 1. The van der Waals surface area contributed by atoms with Gasteiger partial charge in [0.1, 0.15) is 5.75 Å². The molecule has 0 bridgehead atoms. The quantitative estimate of drug-likeness (QED) is 0.511. The van der Waals surface area contributed by atoms with Gasteiger partial charge in [-0.2, -0.15) is 0 Å². The maximum atomic E-state index is 11.8. The van der Waals surface area contributed by atoms with E-state index < -0.39 is 4.92 Å². The topological polar surface area (TPSA) is 81.5 Å². The number of ether oxygens (including phenoxy) is 1. The second-order valence-corrected chi connectivity index (χ2v) is 4.93. The number of carbonyl (C=O) groups excluding carboxylic acids is 1. The molecule has 2 rings (SSSR count). The van der Waals surface area contributed by atoms with Crippen molar-refractivity contribution in [1.29, 1.82) is 0 Å². The molecule has 0 radical (unpaired) electrons. The molecular weight excluding hydrogens is 320 g/mol. The van der Waals surface area contributed by atoms with Crippen molar-refractivity contribution in [2.75, 3.05) is 12.4 Å². The number of halogens is 1. The smallest absolute Gasteiger partial charge is 0.269 e. The highest BCUT2D eigenvalue weighted by Gasteiger charge is 2.05. The lowest BCUT2D eigenvalue weighted by Crippen LogP contribution is -2.07. The van der Waals surface area contributed by atoms with Crippen molar-refractivity contribution in [3.8, 4) is 5.75 Å². The van der Waals surface area contributed by atoms with Crippen molar-refractivity contribution >= 4 is 35.0 Å². The molecule has 0 saturated carbocycles. The second-order valence-electron chi connectivity index (χ2n) is 4.52. The first kappa shape index (κ1) is 16.5. The van der Waals surface area contributed by atoms with E-state index in [4.69, 9.17) is 16.3 Å². The van der Waals surface area contributed by atoms with Crippen molar-refractivity contribution in [3.05, 3.63) is 69.2 Å². The molecule has 2 aromatic carbocycles. The van der Waals surface area contributed by atoms with Gasteiger partial charge in [0, 0.05) is 23.9 Å². The Kier molecular flexibility index (Phi) is 5.32. The van der Waals surface area contributed by atoms with Gasteiger partial charge in [-0.05, 0) is 42.0 Å². The number of non-ortho nitro benzene ring substituents is 1. The van der Waals surface area contributed by atoms with Gasteiger partial charge in [-0.25, -0.2) is 0 Å². The minimum absolute atomic E-state index is 0.000485. The van der Waals surface area contributed by atoms with E-state index in [2.05, 4.69) is 5.32 Å². The minimum atomic E-state index is -0.479. The van der Waals surface area contributed by atoms with E-state index in [0.717, 1.165) is 0 Å². The number of carbonyl (C=O) groups is 1.